The molecule has 0 saturated carbocycles. The minimum absolute atomic E-state index is 0.115. The molecule has 1 rings (SSSR count). The highest BCUT2D eigenvalue weighted by Crippen LogP contribution is 2.24. The van der Waals surface area contributed by atoms with Crippen LogP contribution >= 0.6 is 0 Å². The summed E-state index contributed by atoms with van der Waals surface area (Å²) in [4.78, 5) is 24.5. The van der Waals surface area contributed by atoms with E-state index in [1.54, 1.807) is 12.1 Å². The molecule has 1 unspecified atom stereocenters. The van der Waals surface area contributed by atoms with Crippen molar-refractivity contribution >= 4 is 11.9 Å². The molecule has 0 radical (unpaired) electrons. The first kappa shape index (κ1) is 25.2. The van der Waals surface area contributed by atoms with Crippen LogP contribution < -0.4 is 0 Å². The van der Waals surface area contributed by atoms with Crippen molar-refractivity contribution in [3.63, 3.8) is 0 Å². The van der Waals surface area contributed by atoms with Gasteiger partial charge in [0.05, 0.1) is 17.7 Å². The number of esters is 1. The van der Waals surface area contributed by atoms with E-state index in [2.05, 4.69) is 27.7 Å². The summed E-state index contributed by atoms with van der Waals surface area (Å²) >= 11 is 0. The number of ether oxygens (including phenoxy) is 1. The topological polar surface area (TPSA) is 63.6 Å². The van der Waals surface area contributed by atoms with E-state index in [9.17, 15) is 14.7 Å². The van der Waals surface area contributed by atoms with Crippen LogP contribution in [0.1, 0.15) is 112 Å². The van der Waals surface area contributed by atoms with Gasteiger partial charge in [-0.25, -0.2) is 9.59 Å². The summed E-state index contributed by atoms with van der Waals surface area (Å²) in [6.45, 7) is 9.10. The van der Waals surface area contributed by atoms with Gasteiger partial charge in [0.1, 0.15) is 0 Å². The number of benzene rings is 1. The van der Waals surface area contributed by atoms with E-state index in [1.807, 2.05) is 6.07 Å². The molecule has 0 saturated heterocycles. The van der Waals surface area contributed by atoms with Crippen molar-refractivity contribution in [1.82, 2.24) is 0 Å². The molecule has 4 heteroatoms. The van der Waals surface area contributed by atoms with Gasteiger partial charge >= 0.3 is 11.9 Å². The maximum atomic E-state index is 12.5. The maximum Gasteiger partial charge on any atom is 0.339 e. The number of carbonyl (C=O) groups is 2. The van der Waals surface area contributed by atoms with Crippen LogP contribution in [0.3, 0.4) is 0 Å². The second kappa shape index (κ2) is 14.2. The van der Waals surface area contributed by atoms with Gasteiger partial charge in [-0.3, -0.25) is 0 Å². The van der Waals surface area contributed by atoms with Gasteiger partial charge in [0.25, 0.3) is 0 Å². The second-order valence-corrected chi connectivity index (χ2v) is 8.50. The SMILES string of the molecule is CCCCC(CC)Cc1cccc(C(=O)OCCCCCCC(C)C)c1C(=O)O. The summed E-state index contributed by atoms with van der Waals surface area (Å²) in [5.74, 6) is -0.409. The fourth-order valence-corrected chi connectivity index (χ4v) is 3.70. The summed E-state index contributed by atoms with van der Waals surface area (Å²) in [6.07, 6.45) is 10.5. The fraction of sp³-hybridized carbons (Fsp3) is 0.680. The zero-order valence-electron chi connectivity index (χ0n) is 18.8. The van der Waals surface area contributed by atoms with Gasteiger partial charge in [0.15, 0.2) is 0 Å². The van der Waals surface area contributed by atoms with Gasteiger partial charge in [0.2, 0.25) is 0 Å². The number of unbranched alkanes of at least 4 members (excludes halogenated alkanes) is 4. The van der Waals surface area contributed by atoms with Gasteiger partial charge in [-0.15, -0.1) is 0 Å². The van der Waals surface area contributed by atoms with Crippen LogP contribution in [0.4, 0.5) is 0 Å². The molecule has 4 nitrogen and oxygen atoms in total. The van der Waals surface area contributed by atoms with Crippen molar-refractivity contribution in [2.75, 3.05) is 6.61 Å². The molecule has 1 aromatic rings. The van der Waals surface area contributed by atoms with Crippen LogP contribution in [0.2, 0.25) is 0 Å². The van der Waals surface area contributed by atoms with Gasteiger partial charge in [-0.1, -0.05) is 91.2 Å². The molecule has 0 spiro atoms. The molecule has 0 heterocycles. The number of hydrogen-bond acceptors (Lipinski definition) is 3. The van der Waals surface area contributed by atoms with E-state index in [1.165, 1.54) is 12.8 Å². The Morgan fingerprint density at radius 3 is 2.34 bits per heavy atom. The van der Waals surface area contributed by atoms with Gasteiger partial charge in [-0.05, 0) is 36.3 Å². The van der Waals surface area contributed by atoms with Crippen LogP contribution in [0, 0.1) is 11.8 Å². The molecule has 0 aliphatic rings. The largest absolute Gasteiger partial charge is 0.478 e. The highest BCUT2D eigenvalue weighted by molar-refractivity contribution is 6.03. The summed E-state index contributed by atoms with van der Waals surface area (Å²) in [5, 5.41) is 9.76. The lowest BCUT2D eigenvalue weighted by molar-refractivity contribution is 0.0487. The van der Waals surface area contributed by atoms with Crippen molar-refractivity contribution in [2.24, 2.45) is 11.8 Å². The molecule has 0 amide bonds. The molecule has 1 N–H and O–H groups in total. The minimum atomic E-state index is -1.05. The first-order valence-corrected chi connectivity index (χ1v) is 11.4. The first-order valence-electron chi connectivity index (χ1n) is 11.4. The molecule has 164 valence electrons. The van der Waals surface area contributed by atoms with Crippen molar-refractivity contribution in [1.29, 1.82) is 0 Å². The predicted molar refractivity (Wildman–Crippen MR) is 119 cm³/mol. The summed E-state index contributed by atoms with van der Waals surface area (Å²) in [5.41, 5.74) is 1.04. The third-order valence-electron chi connectivity index (χ3n) is 5.55. The van der Waals surface area contributed by atoms with Crippen LogP contribution in [0.15, 0.2) is 18.2 Å². The van der Waals surface area contributed by atoms with Gasteiger partial charge < -0.3 is 9.84 Å². The Hall–Kier alpha value is -1.84. The lowest BCUT2D eigenvalue weighted by atomic mass is 9.88. The number of rotatable bonds is 15. The average molecular weight is 405 g/mol. The van der Waals surface area contributed by atoms with Crippen molar-refractivity contribution in [3.8, 4) is 0 Å². The highest BCUT2D eigenvalue weighted by atomic mass is 16.5. The van der Waals surface area contributed by atoms with Gasteiger partial charge in [-0.2, -0.15) is 0 Å². The Labute approximate surface area is 177 Å². The summed E-state index contributed by atoms with van der Waals surface area (Å²) < 4.78 is 5.40. The highest BCUT2D eigenvalue weighted by Gasteiger charge is 2.22. The fourth-order valence-electron chi connectivity index (χ4n) is 3.70. The van der Waals surface area contributed by atoms with E-state index < -0.39 is 11.9 Å². The maximum absolute atomic E-state index is 12.5. The Morgan fingerprint density at radius 2 is 1.72 bits per heavy atom. The molecule has 0 fully saturated rings. The molecule has 1 aromatic carbocycles. The molecule has 1 atom stereocenters. The first-order chi connectivity index (χ1) is 13.9. The molecule has 0 aliphatic carbocycles. The number of carboxylic acids is 1. The lowest BCUT2D eigenvalue weighted by Gasteiger charge is -2.17. The van der Waals surface area contributed by atoms with Crippen molar-refractivity contribution in [2.45, 2.75) is 91.9 Å². The molecule has 0 aromatic heterocycles. The monoisotopic (exact) mass is 404 g/mol. The Kier molecular flexibility index (Phi) is 12.3. The zero-order valence-corrected chi connectivity index (χ0v) is 18.8. The molecule has 0 bridgehead atoms. The average Bonchev–Trinajstić information content (AvgIpc) is 2.69. The number of carboxylic acid groups (broad SMARTS) is 1. The zero-order chi connectivity index (χ0) is 21.6. The Bertz CT molecular complexity index is 621. The van der Waals surface area contributed by atoms with E-state index in [4.69, 9.17) is 4.74 Å². The van der Waals surface area contributed by atoms with Crippen LogP contribution in [-0.4, -0.2) is 23.7 Å². The predicted octanol–water partition coefficient (Wildman–Crippen LogP) is 6.91. The normalized spacial score (nSPS) is 12.2. The van der Waals surface area contributed by atoms with Gasteiger partial charge in [0, 0.05) is 0 Å². The quantitative estimate of drug-likeness (QED) is 0.255. The summed E-state index contributed by atoms with van der Waals surface area (Å²) in [6, 6.07) is 5.19. The third-order valence-corrected chi connectivity index (χ3v) is 5.55. The molecule has 0 aliphatic heterocycles. The summed E-state index contributed by atoms with van der Waals surface area (Å²) in [7, 11) is 0. The second-order valence-electron chi connectivity index (χ2n) is 8.50. The number of hydrogen-bond donors (Lipinski definition) is 1. The van der Waals surface area contributed by atoms with Crippen LogP contribution in [0.25, 0.3) is 0 Å². The minimum Gasteiger partial charge on any atom is -0.478 e. The smallest absolute Gasteiger partial charge is 0.339 e. The van der Waals surface area contributed by atoms with Crippen molar-refractivity contribution < 1.29 is 19.4 Å². The van der Waals surface area contributed by atoms with E-state index in [0.717, 1.165) is 56.4 Å². The van der Waals surface area contributed by atoms with E-state index in [-0.39, 0.29) is 11.1 Å². The van der Waals surface area contributed by atoms with E-state index >= 15 is 0 Å². The Balaban J connectivity index is 2.70. The van der Waals surface area contributed by atoms with Crippen LogP contribution in [-0.2, 0) is 11.2 Å². The molecular formula is C25H40O4. The van der Waals surface area contributed by atoms with E-state index in [0.29, 0.717) is 18.9 Å². The Morgan fingerprint density at radius 1 is 1.00 bits per heavy atom. The number of carbonyl (C=O) groups excluding carboxylic acids is 1. The lowest BCUT2D eigenvalue weighted by Crippen LogP contribution is -2.16. The number of aromatic carboxylic acids is 1. The molecular weight excluding hydrogens is 364 g/mol. The van der Waals surface area contributed by atoms with Crippen molar-refractivity contribution in [3.05, 3.63) is 34.9 Å². The molecule has 29 heavy (non-hydrogen) atoms. The third kappa shape index (κ3) is 9.47. The van der Waals surface area contributed by atoms with Crippen LogP contribution in [0.5, 0.6) is 0 Å². The standard InChI is InChI=1S/C25H40O4/c1-5-7-14-20(6-2)18-21-15-12-16-22(23(21)24(26)27)25(28)29-17-11-9-8-10-13-19(3)4/h12,15-16,19-20H,5-11,13-14,17-18H2,1-4H3,(H,26,27).